The largest absolute Gasteiger partial charge is 0.304 e. The van der Waals surface area contributed by atoms with Crippen LogP contribution in [0.15, 0.2) is 18.2 Å². The summed E-state index contributed by atoms with van der Waals surface area (Å²) in [5, 5.41) is 3.64. The minimum absolute atomic E-state index is 0.0889. The Kier molecular flexibility index (Phi) is 2.91. The Morgan fingerprint density at radius 3 is 2.40 bits per heavy atom. The van der Waals surface area contributed by atoms with E-state index >= 15 is 0 Å². The fourth-order valence-electron chi connectivity index (χ4n) is 4.22. The van der Waals surface area contributed by atoms with Crippen LogP contribution in [0.1, 0.15) is 45.1 Å². The number of hydrazine groups is 1. The van der Waals surface area contributed by atoms with Crippen LogP contribution in [0.5, 0.6) is 0 Å². The highest BCUT2D eigenvalue weighted by atomic mass is 28.3. The maximum Gasteiger partial charge on any atom is 0.0776 e. The van der Waals surface area contributed by atoms with Gasteiger partial charge in [-0.05, 0) is 31.4 Å². The lowest BCUT2D eigenvalue weighted by molar-refractivity contribution is 0.184. The van der Waals surface area contributed by atoms with Crippen molar-refractivity contribution in [3.05, 3.63) is 23.8 Å². The molecular weight excluding hydrogens is 260 g/mol. The molecule has 2 N–H and O–H groups in total. The van der Waals surface area contributed by atoms with Gasteiger partial charge >= 0.3 is 0 Å². The van der Waals surface area contributed by atoms with Crippen LogP contribution in [-0.2, 0) is 5.41 Å². The summed E-state index contributed by atoms with van der Waals surface area (Å²) in [6.07, 6.45) is 5.10. The number of nitrogens with two attached hydrogens (primary N) is 1. The molecule has 3 rings (SSSR count). The van der Waals surface area contributed by atoms with E-state index in [1.165, 1.54) is 36.9 Å². The van der Waals surface area contributed by atoms with Crippen molar-refractivity contribution in [2.24, 2.45) is 5.84 Å². The minimum atomic E-state index is -1.27. The summed E-state index contributed by atoms with van der Waals surface area (Å²) in [7, 11) is -1.27. The summed E-state index contributed by atoms with van der Waals surface area (Å²) in [6, 6.07) is 7.07. The van der Waals surface area contributed by atoms with Gasteiger partial charge in [-0.1, -0.05) is 56.7 Å². The Hall–Kier alpha value is -0.803. The Labute approximate surface area is 124 Å². The molecule has 0 aromatic heterocycles. The number of anilines is 1. The van der Waals surface area contributed by atoms with Gasteiger partial charge in [0, 0.05) is 5.41 Å². The predicted molar refractivity (Wildman–Crippen MR) is 90.3 cm³/mol. The molecule has 0 saturated heterocycles. The molecule has 1 fully saturated rings. The van der Waals surface area contributed by atoms with E-state index in [0.29, 0.717) is 0 Å². The summed E-state index contributed by atoms with van der Waals surface area (Å²) in [6.45, 7) is 12.1. The van der Waals surface area contributed by atoms with Gasteiger partial charge in [0.1, 0.15) is 0 Å². The lowest BCUT2D eigenvalue weighted by Gasteiger charge is -2.48. The van der Waals surface area contributed by atoms with Crippen molar-refractivity contribution < 1.29 is 0 Å². The predicted octanol–water partition coefficient (Wildman–Crippen LogP) is 3.52. The van der Waals surface area contributed by atoms with Crippen molar-refractivity contribution >= 4 is 18.9 Å². The zero-order valence-corrected chi connectivity index (χ0v) is 14.6. The van der Waals surface area contributed by atoms with Crippen LogP contribution in [0.2, 0.25) is 19.6 Å². The molecule has 20 heavy (non-hydrogen) atoms. The smallest absolute Gasteiger partial charge is 0.0776 e. The van der Waals surface area contributed by atoms with Crippen LogP contribution >= 0.6 is 0 Å². The van der Waals surface area contributed by atoms with E-state index < -0.39 is 8.07 Å². The van der Waals surface area contributed by atoms with Crippen LogP contribution in [0.3, 0.4) is 0 Å². The lowest BCUT2D eigenvalue weighted by atomic mass is 9.62. The number of benzene rings is 1. The number of rotatable bonds is 1. The average Bonchev–Trinajstić information content (AvgIpc) is 2.56. The van der Waals surface area contributed by atoms with Crippen LogP contribution in [0.4, 0.5) is 5.69 Å². The van der Waals surface area contributed by atoms with Gasteiger partial charge in [0.05, 0.1) is 19.3 Å². The molecule has 2 nitrogen and oxygen atoms in total. The van der Waals surface area contributed by atoms with Crippen LogP contribution in [0.25, 0.3) is 0 Å². The average molecular weight is 289 g/mol. The molecule has 2 atom stereocenters. The normalized spacial score (nSPS) is 33.0. The fourth-order valence-corrected chi connectivity index (χ4v) is 5.39. The summed E-state index contributed by atoms with van der Waals surface area (Å²) in [5.74, 6) is 6.52. The molecule has 0 bridgehead atoms. The molecule has 3 heteroatoms. The first kappa shape index (κ1) is 14.1. The van der Waals surface area contributed by atoms with Gasteiger partial charge in [-0.25, -0.2) is 5.84 Å². The number of hydrogen-bond acceptors (Lipinski definition) is 2. The summed E-state index contributed by atoms with van der Waals surface area (Å²) < 4.78 is 0. The highest BCUT2D eigenvalue weighted by molar-refractivity contribution is 6.88. The van der Waals surface area contributed by atoms with Crippen molar-refractivity contribution in [1.82, 2.24) is 0 Å². The van der Waals surface area contributed by atoms with Gasteiger partial charge in [0.15, 0.2) is 0 Å². The first-order valence-corrected chi connectivity index (χ1v) is 11.4. The standard InChI is InChI=1S/C17H28N2Si/c1-16-10-6-7-11-17(16,2)19(18)15-9-8-13(12-14(15)16)20(3,4)5/h8-9,12H,6-7,10-11,18H2,1-5H3. The van der Waals surface area contributed by atoms with Crippen molar-refractivity contribution in [2.75, 3.05) is 5.01 Å². The topological polar surface area (TPSA) is 29.3 Å². The van der Waals surface area contributed by atoms with E-state index in [-0.39, 0.29) is 11.0 Å². The molecule has 1 aliphatic heterocycles. The van der Waals surface area contributed by atoms with Crippen LogP contribution in [0, 0.1) is 0 Å². The summed E-state index contributed by atoms with van der Waals surface area (Å²) in [5.41, 5.74) is 3.07. The SMILES string of the molecule is CC12CCCCC1(C)N(N)c1ccc([Si](C)(C)C)cc12. The molecule has 1 aliphatic carbocycles. The molecule has 1 aromatic rings. The number of nitrogens with zero attached hydrogens (tertiary/aromatic N) is 1. The Morgan fingerprint density at radius 2 is 1.75 bits per heavy atom. The van der Waals surface area contributed by atoms with Gasteiger partial charge < -0.3 is 5.01 Å². The van der Waals surface area contributed by atoms with E-state index in [4.69, 9.17) is 5.84 Å². The second kappa shape index (κ2) is 4.11. The van der Waals surface area contributed by atoms with E-state index in [1.807, 2.05) is 0 Å². The molecule has 0 spiro atoms. The highest BCUT2D eigenvalue weighted by Crippen LogP contribution is 2.56. The maximum atomic E-state index is 6.52. The van der Waals surface area contributed by atoms with Crippen LogP contribution in [-0.4, -0.2) is 13.6 Å². The van der Waals surface area contributed by atoms with Gasteiger partial charge in [-0.15, -0.1) is 0 Å². The number of fused-ring (bicyclic) bond motifs is 3. The third-order valence-corrected chi connectivity index (χ3v) is 8.07. The quantitative estimate of drug-likeness (QED) is 0.633. The first-order chi connectivity index (χ1) is 9.20. The maximum absolute atomic E-state index is 6.52. The van der Waals surface area contributed by atoms with E-state index in [1.54, 1.807) is 5.19 Å². The molecule has 110 valence electrons. The molecule has 1 saturated carbocycles. The van der Waals surface area contributed by atoms with E-state index in [0.717, 1.165) is 0 Å². The van der Waals surface area contributed by atoms with E-state index in [9.17, 15) is 0 Å². The zero-order valence-electron chi connectivity index (χ0n) is 13.6. The van der Waals surface area contributed by atoms with Crippen molar-refractivity contribution in [2.45, 2.75) is 70.1 Å². The third-order valence-electron chi connectivity index (χ3n) is 6.03. The van der Waals surface area contributed by atoms with Crippen molar-refractivity contribution in [3.63, 3.8) is 0 Å². The Bertz CT molecular complexity index is 548. The first-order valence-electron chi connectivity index (χ1n) is 7.90. The Balaban J connectivity index is 2.19. The molecule has 1 heterocycles. The van der Waals surface area contributed by atoms with E-state index in [2.05, 4.69) is 56.7 Å². The van der Waals surface area contributed by atoms with Gasteiger partial charge in [-0.2, -0.15) is 0 Å². The second-order valence-corrected chi connectivity index (χ2v) is 13.2. The molecule has 1 aromatic carbocycles. The molecule has 2 unspecified atom stereocenters. The summed E-state index contributed by atoms with van der Waals surface area (Å²) >= 11 is 0. The zero-order chi connectivity index (χ0) is 14.8. The van der Waals surface area contributed by atoms with Crippen LogP contribution < -0.4 is 16.0 Å². The van der Waals surface area contributed by atoms with Gasteiger partial charge in [0.2, 0.25) is 0 Å². The van der Waals surface area contributed by atoms with Gasteiger partial charge in [-0.3, -0.25) is 0 Å². The monoisotopic (exact) mass is 288 g/mol. The minimum Gasteiger partial charge on any atom is -0.304 e. The molecule has 0 radical (unpaired) electrons. The fraction of sp³-hybridized carbons (Fsp3) is 0.647. The highest BCUT2D eigenvalue weighted by Gasteiger charge is 2.56. The molecule has 2 aliphatic rings. The Morgan fingerprint density at radius 1 is 1.10 bits per heavy atom. The lowest BCUT2D eigenvalue weighted by Crippen LogP contribution is -2.59. The van der Waals surface area contributed by atoms with Gasteiger partial charge in [0.25, 0.3) is 0 Å². The molecular formula is C17H28N2Si. The van der Waals surface area contributed by atoms with Crippen molar-refractivity contribution in [3.8, 4) is 0 Å². The second-order valence-electron chi connectivity index (χ2n) is 8.16. The third kappa shape index (κ3) is 1.66. The molecule has 0 amide bonds. The summed E-state index contributed by atoms with van der Waals surface area (Å²) in [4.78, 5) is 0. The van der Waals surface area contributed by atoms with Crippen molar-refractivity contribution in [1.29, 1.82) is 0 Å². The number of hydrogen-bond donors (Lipinski definition) is 1.